The first-order valence-corrected chi connectivity index (χ1v) is 11.7. The monoisotopic (exact) mass is 473 g/mol. The highest BCUT2D eigenvalue weighted by Gasteiger charge is 2.25. The Labute approximate surface area is 200 Å². The van der Waals surface area contributed by atoms with Crippen molar-refractivity contribution in [1.82, 2.24) is 20.0 Å². The van der Waals surface area contributed by atoms with E-state index < -0.39 is 0 Å². The van der Waals surface area contributed by atoms with Crippen LogP contribution < -0.4 is 4.90 Å². The molecule has 0 N–H and O–H groups in total. The number of rotatable bonds is 8. The van der Waals surface area contributed by atoms with Crippen LogP contribution in [0.3, 0.4) is 0 Å². The maximum Gasteiger partial charge on any atom is 0.242 e. The van der Waals surface area contributed by atoms with Gasteiger partial charge in [0, 0.05) is 51.3 Å². The van der Waals surface area contributed by atoms with Gasteiger partial charge in [-0.25, -0.2) is 0 Å². The van der Waals surface area contributed by atoms with Crippen LogP contribution in [0.4, 0.5) is 5.82 Å². The minimum Gasteiger partial charge on any atom is -0.383 e. The van der Waals surface area contributed by atoms with Crippen molar-refractivity contribution >= 4 is 29.2 Å². The second kappa shape index (κ2) is 12.0. The molecule has 1 aromatic carbocycles. The summed E-state index contributed by atoms with van der Waals surface area (Å²) >= 11 is 6.27. The first kappa shape index (κ1) is 24.9. The van der Waals surface area contributed by atoms with Gasteiger partial charge in [-0.3, -0.25) is 9.59 Å². The number of ether oxygens (including phenoxy) is 1. The first-order chi connectivity index (χ1) is 15.9. The molecule has 0 aliphatic carbocycles. The molecule has 1 saturated heterocycles. The molecular weight excluding hydrogens is 442 g/mol. The standard InChI is InChI=1S/C24H32ClN5O3/c1-18(2)24(32)30(15-16-33-3)17-23(31)29-12-6-11-28(13-14-29)22-10-9-21(26-27-22)19-7-4-5-8-20(19)25/h4-5,7-10,18H,6,11-17H2,1-3H3. The topological polar surface area (TPSA) is 78.9 Å². The predicted molar refractivity (Wildman–Crippen MR) is 129 cm³/mol. The molecule has 33 heavy (non-hydrogen) atoms. The summed E-state index contributed by atoms with van der Waals surface area (Å²) in [5.41, 5.74) is 1.57. The molecule has 178 valence electrons. The molecule has 2 aromatic rings. The molecule has 0 atom stereocenters. The molecule has 3 rings (SSSR count). The van der Waals surface area contributed by atoms with Gasteiger partial charge in [0.1, 0.15) is 0 Å². The van der Waals surface area contributed by atoms with Crippen LogP contribution in [-0.4, -0.2) is 84.8 Å². The van der Waals surface area contributed by atoms with Crippen LogP contribution in [0, 0.1) is 5.92 Å². The van der Waals surface area contributed by atoms with Gasteiger partial charge >= 0.3 is 0 Å². The van der Waals surface area contributed by atoms with Crippen LogP contribution in [0.2, 0.25) is 5.02 Å². The van der Waals surface area contributed by atoms with Crippen LogP contribution in [0.25, 0.3) is 11.3 Å². The summed E-state index contributed by atoms with van der Waals surface area (Å²) in [7, 11) is 1.59. The molecule has 2 heterocycles. The lowest BCUT2D eigenvalue weighted by molar-refractivity contribution is -0.142. The fourth-order valence-electron chi connectivity index (χ4n) is 3.80. The fraction of sp³-hybridized carbons (Fsp3) is 0.500. The van der Waals surface area contributed by atoms with Gasteiger partial charge in [0.2, 0.25) is 11.8 Å². The molecule has 0 radical (unpaired) electrons. The van der Waals surface area contributed by atoms with Crippen molar-refractivity contribution in [3.05, 3.63) is 41.4 Å². The van der Waals surface area contributed by atoms with E-state index in [4.69, 9.17) is 16.3 Å². The van der Waals surface area contributed by atoms with Gasteiger partial charge in [0.15, 0.2) is 5.82 Å². The summed E-state index contributed by atoms with van der Waals surface area (Å²) in [4.78, 5) is 31.0. The minimum atomic E-state index is -0.165. The second-order valence-electron chi connectivity index (χ2n) is 8.39. The number of methoxy groups -OCH3 is 1. The third-order valence-electron chi connectivity index (χ3n) is 5.67. The van der Waals surface area contributed by atoms with Crippen molar-refractivity contribution < 1.29 is 14.3 Å². The Balaban J connectivity index is 1.61. The van der Waals surface area contributed by atoms with Gasteiger partial charge in [-0.2, -0.15) is 0 Å². The molecule has 2 amide bonds. The van der Waals surface area contributed by atoms with Crippen molar-refractivity contribution in [3.63, 3.8) is 0 Å². The van der Waals surface area contributed by atoms with Gasteiger partial charge in [-0.05, 0) is 24.6 Å². The SMILES string of the molecule is COCCN(CC(=O)N1CCCN(c2ccc(-c3ccccc3Cl)nn2)CC1)C(=O)C(C)C. The molecule has 8 nitrogen and oxygen atoms in total. The van der Waals surface area contributed by atoms with E-state index in [9.17, 15) is 9.59 Å². The first-order valence-electron chi connectivity index (χ1n) is 11.3. The Morgan fingerprint density at radius 3 is 2.55 bits per heavy atom. The maximum atomic E-state index is 13.0. The number of hydrogen-bond donors (Lipinski definition) is 0. The number of hydrogen-bond acceptors (Lipinski definition) is 6. The van der Waals surface area contributed by atoms with Crippen molar-refractivity contribution in [2.75, 3.05) is 57.9 Å². The van der Waals surface area contributed by atoms with Gasteiger partial charge in [-0.1, -0.05) is 43.6 Å². The Hall–Kier alpha value is -2.71. The average molecular weight is 474 g/mol. The van der Waals surface area contributed by atoms with Crippen LogP contribution in [-0.2, 0) is 14.3 Å². The largest absolute Gasteiger partial charge is 0.383 e. The predicted octanol–water partition coefficient (Wildman–Crippen LogP) is 2.97. The van der Waals surface area contributed by atoms with Crippen LogP contribution >= 0.6 is 11.6 Å². The zero-order valence-electron chi connectivity index (χ0n) is 19.5. The second-order valence-corrected chi connectivity index (χ2v) is 8.79. The molecule has 9 heteroatoms. The Bertz CT molecular complexity index is 938. The highest BCUT2D eigenvalue weighted by atomic mass is 35.5. The van der Waals surface area contributed by atoms with E-state index in [1.807, 2.05) is 55.1 Å². The highest BCUT2D eigenvalue weighted by molar-refractivity contribution is 6.33. The van der Waals surface area contributed by atoms with E-state index >= 15 is 0 Å². The molecule has 0 bridgehead atoms. The lowest BCUT2D eigenvalue weighted by Crippen LogP contribution is -2.46. The van der Waals surface area contributed by atoms with E-state index in [-0.39, 0.29) is 24.3 Å². The summed E-state index contributed by atoms with van der Waals surface area (Å²) in [6.45, 7) is 7.23. The zero-order valence-corrected chi connectivity index (χ0v) is 20.3. The molecule has 1 aliphatic heterocycles. The number of carbonyl (C=O) groups is 2. The van der Waals surface area contributed by atoms with E-state index in [1.54, 1.807) is 12.0 Å². The summed E-state index contributed by atoms with van der Waals surface area (Å²) in [5.74, 6) is 0.534. The third kappa shape index (κ3) is 6.65. The van der Waals surface area contributed by atoms with Crippen molar-refractivity contribution in [3.8, 4) is 11.3 Å². The highest BCUT2D eigenvalue weighted by Crippen LogP contribution is 2.26. The molecule has 0 spiro atoms. The van der Waals surface area contributed by atoms with E-state index in [1.165, 1.54) is 0 Å². The summed E-state index contributed by atoms with van der Waals surface area (Å²) < 4.78 is 5.11. The van der Waals surface area contributed by atoms with Crippen molar-refractivity contribution in [2.24, 2.45) is 5.92 Å². The third-order valence-corrected chi connectivity index (χ3v) is 6.00. The summed E-state index contributed by atoms with van der Waals surface area (Å²) in [6.07, 6.45) is 0.815. The maximum absolute atomic E-state index is 13.0. The Morgan fingerprint density at radius 2 is 1.88 bits per heavy atom. The molecule has 1 aromatic heterocycles. The van der Waals surface area contributed by atoms with Gasteiger partial charge < -0.3 is 19.4 Å². The minimum absolute atomic E-state index is 0.0364. The Morgan fingerprint density at radius 1 is 1.09 bits per heavy atom. The lowest BCUT2D eigenvalue weighted by atomic mass is 10.1. The number of benzene rings is 1. The normalized spacial score (nSPS) is 14.3. The van der Waals surface area contributed by atoms with Crippen LogP contribution in [0.1, 0.15) is 20.3 Å². The van der Waals surface area contributed by atoms with Crippen molar-refractivity contribution in [2.45, 2.75) is 20.3 Å². The number of carbonyl (C=O) groups excluding carboxylic acids is 2. The smallest absolute Gasteiger partial charge is 0.242 e. The van der Waals surface area contributed by atoms with Gasteiger partial charge in [0.25, 0.3) is 0 Å². The quantitative estimate of drug-likeness (QED) is 0.586. The van der Waals surface area contributed by atoms with Crippen LogP contribution in [0.5, 0.6) is 0 Å². The zero-order chi connectivity index (χ0) is 23.8. The van der Waals surface area contributed by atoms with E-state index in [2.05, 4.69) is 15.1 Å². The lowest BCUT2D eigenvalue weighted by Gasteiger charge is -2.28. The summed E-state index contributed by atoms with van der Waals surface area (Å²) in [5, 5.41) is 9.40. The molecule has 1 aliphatic rings. The van der Waals surface area contributed by atoms with E-state index in [0.717, 1.165) is 30.0 Å². The van der Waals surface area contributed by atoms with Crippen LogP contribution in [0.15, 0.2) is 36.4 Å². The molecule has 0 unspecified atom stereocenters. The van der Waals surface area contributed by atoms with Gasteiger partial charge in [-0.15, -0.1) is 10.2 Å². The van der Waals surface area contributed by atoms with E-state index in [0.29, 0.717) is 37.8 Å². The number of aromatic nitrogens is 2. The Kier molecular flexibility index (Phi) is 9.03. The number of amides is 2. The number of nitrogens with zero attached hydrogens (tertiary/aromatic N) is 5. The molecule has 0 saturated carbocycles. The summed E-state index contributed by atoms with van der Waals surface area (Å²) in [6, 6.07) is 11.4. The fourth-order valence-corrected chi connectivity index (χ4v) is 4.03. The van der Waals surface area contributed by atoms with Gasteiger partial charge in [0.05, 0.1) is 23.9 Å². The molecule has 1 fully saturated rings. The molecular formula is C24H32ClN5O3. The van der Waals surface area contributed by atoms with Crippen molar-refractivity contribution in [1.29, 1.82) is 0 Å². The number of halogens is 1. The number of anilines is 1. The average Bonchev–Trinajstić information content (AvgIpc) is 3.08.